The van der Waals surface area contributed by atoms with Crippen molar-refractivity contribution in [3.63, 3.8) is 0 Å². The van der Waals surface area contributed by atoms with Gasteiger partial charge < -0.3 is 27.1 Å². The van der Waals surface area contributed by atoms with E-state index >= 15 is 0 Å². The molecule has 0 fully saturated rings. The summed E-state index contributed by atoms with van der Waals surface area (Å²) in [5, 5.41) is 0. The van der Waals surface area contributed by atoms with Crippen molar-refractivity contribution in [1.82, 2.24) is 0 Å². The molecule has 1 heterocycles. The van der Waals surface area contributed by atoms with E-state index < -0.39 is 23.0 Å². The lowest BCUT2D eigenvalue weighted by atomic mass is 10.3. The van der Waals surface area contributed by atoms with Gasteiger partial charge in [0, 0.05) is 0 Å². The van der Waals surface area contributed by atoms with Gasteiger partial charge in [-0.3, -0.25) is 0 Å². The molecule has 0 spiro atoms. The number of hydrogen-bond donors (Lipinski definition) is 0. The maximum absolute atomic E-state index is 6.51. The third-order valence-electron chi connectivity index (χ3n) is 4.01. The number of benzene rings is 2. The molecular formula is C24H38N3O6P3. The second-order valence-electron chi connectivity index (χ2n) is 9.17. The van der Waals surface area contributed by atoms with Gasteiger partial charge in [-0.15, -0.1) is 13.5 Å². The Morgan fingerprint density at radius 2 is 0.722 bits per heavy atom. The Balaban J connectivity index is 2.39. The second-order valence-corrected chi connectivity index (χ2v) is 15.5. The molecule has 200 valence electrons. The van der Waals surface area contributed by atoms with Gasteiger partial charge in [0.1, 0.15) is 11.5 Å². The fraction of sp³-hybridized carbons (Fsp3) is 0.500. The lowest BCUT2D eigenvalue weighted by Crippen LogP contribution is -2.13. The molecule has 1 aliphatic heterocycles. The van der Waals surface area contributed by atoms with E-state index in [1.54, 1.807) is 0 Å². The Kier molecular flexibility index (Phi) is 10.0. The standard InChI is InChI=1S/C24H38N3O6P3/c1-19(2)28-34(29-20(3)4)25-35(30-21(5)6,31-22(7)8)27-36(26-34,32-23-15-11-9-12-16-23)33-24-17-13-10-14-18-24/h9-22H,1-8H3. The Morgan fingerprint density at radius 3 is 1.03 bits per heavy atom. The number of hydrogen-bond acceptors (Lipinski definition) is 9. The molecule has 1 aliphatic rings. The molecule has 36 heavy (non-hydrogen) atoms. The van der Waals surface area contributed by atoms with Crippen LogP contribution in [0, 0.1) is 0 Å². The van der Waals surface area contributed by atoms with Gasteiger partial charge in [0.2, 0.25) is 0 Å². The summed E-state index contributed by atoms with van der Waals surface area (Å²) in [5.41, 5.74) is 0. The summed E-state index contributed by atoms with van der Waals surface area (Å²) < 4.78 is 53.4. The summed E-state index contributed by atoms with van der Waals surface area (Å²) in [6.07, 6.45) is -1.01. The van der Waals surface area contributed by atoms with Crippen LogP contribution in [0.4, 0.5) is 0 Å². The average Bonchev–Trinajstić information content (AvgIpc) is 2.72. The lowest BCUT2D eigenvalue weighted by Gasteiger charge is -2.35. The van der Waals surface area contributed by atoms with Crippen LogP contribution < -0.4 is 9.05 Å². The second kappa shape index (κ2) is 12.4. The zero-order valence-corrected chi connectivity index (χ0v) is 24.9. The van der Waals surface area contributed by atoms with Crippen LogP contribution in [0.15, 0.2) is 74.2 Å². The third kappa shape index (κ3) is 8.29. The topological polar surface area (TPSA) is 92.5 Å². The summed E-state index contributed by atoms with van der Waals surface area (Å²) in [7, 11) is -10.3. The summed E-state index contributed by atoms with van der Waals surface area (Å²) in [6, 6.07) is 18.6. The van der Waals surface area contributed by atoms with Crippen LogP contribution in [0.5, 0.6) is 11.5 Å². The van der Waals surface area contributed by atoms with E-state index in [2.05, 4.69) is 0 Å². The smallest absolute Gasteiger partial charge is 0.413 e. The van der Waals surface area contributed by atoms with Crippen molar-refractivity contribution in [3.8, 4) is 11.5 Å². The minimum atomic E-state index is -3.55. The molecule has 0 amide bonds. The van der Waals surface area contributed by atoms with Crippen LogP contribution in [0.3, 0.4) is 0 Å². The first-order valence-corrected chi connectivity index (χ1v) is 16.7. The highest BCUT2D eigenvalue weighted by atomic mass is 31.3. The van der Waals surface area contributed by atoms with E-state index in [1.807, 2.05) is 116 Å². The maximum atomic E-state index is 6.51. The van der Waals surface area contributed by atoms with E-state index in [4.69, 9.17) is 40.7 Å². The zero-order valence-electron chi connectivity index (χ0n) is 22.2. The molecule has 0 saturated carbocycles. The van der Waals surface area contributed by atoms with Gasteiger partial charge >= 0.3 is 23.0 Å². The van der Waals surface area contributed by atoms with E-state index in [9.17, 15) is 0 Å². The van der Waals surface area contributed by atoms with Crippen molar-refractivity contribution in [3.05, 3.63) is 60.7 Å². The summed E-state index contributed by atoms with van der Waals surface area (Å²) in [6.45, 7) is 15.3. The van der Waals surface area contributed by atoms with Crippen LogP contribution in [-0.4, -0.2) is 24.4 Å². The highest BCUT2D eigenvalue weighted by Crippen LogP contribution is 2.80. The summed E-state index contributed by atoms with van der Waals surface area (Å²) >= 11 is 0. The van der Waals surface area contributed by atoms with Gasteiger partial charge in [-0.25, -0.2) is 0 Å². The first-order chi connectivity index (χ1) is 16.9. The SMILES string of the molecule is CC(C)OP1(OC(C)C)=NP(Oc2ccccc2)(Oc2ccccc2)=NP(OC(C)C)(OC(C)C)=N1. The highest BCUT2D eigenvalue weighted by molar-refractivity contribution is 7.78. The fourth-order valence-electron chi connectivity index (χ4n) is 3.13. The Hall–Kier alpha value is -1.43. The predicted molar refractivity (Wildman–Crippen MR) is 147 cm³/mol. The van der Waals surface area contributed by atoms with Crippen molar-refractivity contribution in [1.29, 1.82) is 0 Å². The first kappa shape index (κ1) is 29.1. The van der Waals surface area contributed by atoms with Gasteiger partial charge in [0.05, 0.1) is 24.4 Å². The molecule has 0 atom stereocenters. The molecule has 0 N–H and O–H groups in total. The molecule has 0 radical (unpaired) electrons. The molecule has 0 aromatic heterocycles. The van der Waals surface area contributed by atoms with Crippen LogP contribution in [0.1, 0.15) is 55.4 Å². The lowest BCUT2D eigenvalue weighted by molar-refractivity contribution is 0.159. The van der Waals surface area contributed by atoms with Crippen molar-refractivity contribution in [2.24, 2.45) is 13.5 Å². The van der Waals surface area contributed by atoms with Gasteiger partial charge in [-0.1, -0.05) is 36.4 Å². The van der Waals surface area contributed by atoms with Crippen molar-refractivity contribution in [2.75, 3.05) is 0 Å². The number of rotatable bonds is 12. The molecular weight excluding hydrogens is 519 g/mol. The molecule has 0 unspecified atom stereocenters. The molecule has 0 bridgehead atoms. The minimum absolute atomic E-state index is 0.252. The van der Waals surface area contributed by atoms with Gasteiger partial charge in [-0.05, 0) is 79.7 Å². The predicted octanol–water partition coefficient (Wildman–Crippen LogP) is 9.70. The van der Waals surface area contributed by atoms with Gasteiger partial charge in [0.25, 0.3) is 0 Å². The summed E-state index contributed by atoms with van der Waals surface area (Å²) in [4.78, 5) is 0. The largest absolute Gasteiger partial charge is 0.457 e. The molecule has 2 aromatic carbocycles. The number of para-hydroxylation sites is 2. The van der Waals surface area contributed by atoms with Crippen LogP contribution in [0.25, 0.3) is 0 Å². The number of nitrogens with zero attached hydrogens (tertiary/aromatic N) is 3. The molecule has 0 aliphatic carbocycles. The van der Waals surface area contributed by atoms with Crippen LogP contribution in [-0.2, 0) is 18.1 Å². The minimum Gasteiger partial charge on any atom is -0.413 e. The van der Waals surface area contributed by atoms with Gasteiger partial charge in [-0.2, -0.15) is 0 Å². The molecule has 3 rings (SSSR count). The normalized spacial score (nSPS) is 18.0. The Bertz CT molecular complexity index is 1060. The van der Waals surface area contributed by atoms with E-state index in [0.29, 0.717) is 11.5 Å². The molecule has 2 aromatic rings. The molecule has 12 heteroatoms. The van der Waals surface area contributed by atoms with Crippen molar-refractivity contribution < 1.29 is 27.1 Å². The maximum Gasteiger partial charge on any atom is 0.457 e. The van der Waals surface area contributed by atoms with Crippen LogP contribution >= 0.6 is 23.0 Å². The highest BCUT2D eigenvalue weighted by Gasteiger charge is 2.46. The van der Waals surface area contributed by atoms with E-state index in [1.165, 1.54) is 0 Å². The fourth-order valence-corrected chi connectivity index (χ4v) is 13.0. The molecule has 0 saturated heterocycles. The van der Waals surface area contributed by atoms with E-state index in [-0.39, 0.29) is 24.4 Å². The first-order valence-electron chi connectivity index (χ1n) is 12.1. The van der Waals surface area contributed by atoms with Gasteiger partial charge in [0.15, 0.2) is 0 Å². The quantitative estimate of drug-likeness (QED) is 0.241. The molecule has 9 nitrogen and oxygen atoms in total. The Morgan fingerprint density at radius 1 is 0.444 bits per heavy atom. The zero-order chi connectivity index (χ0) is 26.4. The van der Waals surface area contributed by atoms with E-state index in [0.717, 1.165) is 0 Å². The Labute approximate surface area is 215 Å². The third-order valence-corrected chi connectivity index (χ3v) is 13.1. The van der Waals surface area contributed by atoms with Crippen molar-refractivity contribution >= 4 is 23.0 Å². The average molecular weight is 558 g/mol. The van der Waals surface area contributed by atoms with Crippen molar-refractivity contribution in [2.45, 2.75) is 79.8 Å². The van der Waals surface area contributed by atoms with Crippen LogP contribution in [0.2, 0.25) is 0 Å². The summed E-state index contributed by atoms with van der Waals surface area (Å²) in [5.74, 6) is 1.08. The monoisotopic (exact) mass is 557 g/mol.